The topological polar surface area (TPSA) is 68.8 Å². The summed E-state index contributed by atoms with van der Waals surface area (Å²) < 4.78 is 16.6. The lowest BCUT2D eigenvalue weighted by Gasteiger charge is -2.16. The summed E-state index contributed by atoms with van der Waals surface area (Å²) in [4.78, 5) is 12.4. The fourth-order valence-electron chi connectivity index (χ4n) is 3.04. The fourth-order valence-corrected chi connectivity index (χ4v) is 3.51. The van der Waals surface area contributed by atoms with E-state index >= 15 is 0 Å². The van der Waals surface area contributed by atoms with Crippen molar-refractivity contribution in [2.45, 2.75) is 20.4 Å². The molecule has 1 amide bonds. The third-order valence-electron chi connectivity index (χ3n) is 4.76. The molecule has 0 aromatic heterocycles. The van der Waals surface area contributed by atoms with Crippen molar-refractivity contribution in [3.63, 3.8) is 0 Å². The molecule has 0 aliphatic rings. The number of nitrogens with one attached hydrogen (secondary N) is 2. The number of halogens is 2. The number of ether oxygens (including phenoxy) is 3. The van der Waals surface area contributed by atoms with E-state index in [9.17, 15) is 4.79 Å². The van der Waals surface area contributed by atoms with Gasteiger partial charge in [0.2, 0.25) is 0 Å². The van der Waals surface area contributed by atoms with Crippen LogP contribution in [0.2, 0.25) is 10.0 Å². The molecule has 33 heavy (non-hydrogen) atoms. The summed E-state index contributed by atoms with van der Waals surface area (Å²) in [5.74, 6) is 1.25. The number of rotatable bonds is 10. The number of hydrogen-bond donors (Lipinski definition) is 2. The van der Waals surface area contributed by atoms with Gasteiger partial charge < -0.3 is 24.8 Å². The molecule has 0 aliphatic carbocycles. The number of benzene rings is 3. The molecule has 0 fully saturated rings. The molecule has 0 spiro atoms. The standard InChI is InChI=1S/C25H26Cl2N2O4/c1-4-32-23-12-17(14-28-18-7-9-20(31-3)10-8-18)11-22(27)25(23)33-15-24(30)29-19-6-5-16(2)21(26)13-19/h5-13,28H,4,14-15H2,1-3H3,(H,29,30). The van der Waals surface area contributed by atoms with Gasteiger partial charge in [0.25, 0.3) is 5.91 Å². The van der Waals surface area contributed by atoms with E-state index < -0.39 is 0 Å². The summed E-state index contributed by atoms with van der Waals surface area (Å²) in [6, 6.07) is 16.6. The van der Waals surface area contributed by atoms with E-state index in [4.69, 9.17) is 37.4 Å². The van der Waals surface area contributed by atoms with Gasteiger partial charge >= 0.3 is 0 Å². The molecule has 0 saturated carbocycles. The summed E-state index contributed by atoms with van der Waals surface area (Å²) in [5, 5.41) is 7.02. The molecule has 3 aromatic carbocycles. The zero-order valence-electron chi connectivity index (χ0n) is 18.7. The van der Waals surface area contributed by atoms with Crippen LogP contribution in [0, 0.1) is 6.92 Å². The lowest BCUT2D eigenvalue weighted by atomic mass is 10.2. The summed E-state index contributed by atoms with van der Waals surface area (Å²) >= 11 is 12.6. The highest BCUT2D eigenvalue weighted by Crippen LogP contribution is 2.37. The molecule has 0 radical (unpaired) electrons. The molecule has 3 aromatic rings. The van der Waals surface area contributed by atoms with Crippen molar-refractivity contribution in [2.24, 2.45) is 0 Å². The van der Waals surface area contributed by atoms with Crippen molar-refractivity contribution in [1.82, 2.24) is 0 Å². The first kappa shape index (κ1) is 24.6. The normalized spacial score (nSPS) is 10.5. The minimum atomic E-state index is -0.335. The smallest absolute Gasteiger partial charge is 0.262 e. The Morgan fingerprint density at radius 1 is 0.939 bits per heavy atom. The van der Waals surface area contributed by atoms with Crippen LogP contribution in [0.5, 0.6) is 17.2 Å². The van der Waals surface area contributed by atoms with Crippen molar-refractivity contribution in [3.05, 3.63) is 75.8 Å². The maximum atomic E-state index is 12.4. The first-order valence-corrected chi connectivity index (χ1v) is 11.2. The summed E-state index contributed by atoms with van der Waals surface area (Å²) in [6.07, 6.45) is 0. The molecular weight excluding hydrogens is 463 g/mol. The average Bonchev–Trinajstić information content (AvgIpc) is 2.80. The number of carbonyl (C=O) groups is 1. The van der Waals surface area contributed by atoms with Crippen LogP contribution in [0.3, 0.4) is 0 Å². The van der Waals surface area contributed by atoms with E-state index in [0.717, 1.165) is 22.6 Å². The molecular formula is C25H26Cl2N2O4. The SMILES string of the molecule is CCOc1cc(CNc2ccc(OC)cc2)cc(Cl)c1OCC(=O)Nc1ccc(C)c(Cl)c1. The van der Waals surface area contributed by atoms with Gasteiger partial charge in [-0.1, -0.05) is 29.3 Å². The minimum absolute atomic E-state index is 0.227. The average molecular weight is 489 g/mol. The fraction of sp³-hybridized carbons (Fsp3) is 0.240. The second-order valence-corrected chi connectivity index (χ2v) is 8.04. The second kappa shape index (κ2) is 11.7. The van der Waals surface area contributed by atoms with Crippen LogP contribution < -0.4 is 24.8 Å². The van der Waals surface area contributed by atoms with Crippen LogP contribution in [0.25, 0.3) is 0 Å². The van der Waals surface area contributed by atoms with Crippen molar-refractivity contribution in [1.29, 1.82) is 0 Å². The van der Waals surface area contributed by atoms with Gasteiger partial charge in [-0.2, -0.15) is 0 Å². The lowest BCUT2D eigenvalue weighted by Crippen LogP contribution is -2.20. The van der Waals surface area contributed by atoms with E-state index in [1.165, 1.54) is 0 Å². The maximum Gasteiger partial charge on any atom is 0.262 e. The first-order valence-electron chi connectivity index (χ1n) is 10.4. The largest absolute Gasteiger partial charge is 0.497 e. The predicted octanol–water partition coefficient (Wildman–Crippen LogP) is 6.34. The first-order chi connectivity index (χ1) is 15.9. The quantitative estimate of drug-likeness (QED) is 0.348. The third-order valence-corrected chi connectivity index (χ3v) is 5.45. The molecule has 2 N–H and O–H groups in total. The minimum Gasteiger partial charge on any atom is -0.497 e. The summed E-state index contributed by atoms with van der Waals surface area (Å²) in [6.45, 7) is 4.49. The van der Waals surface area contributed by atoms with Gasteiger partial charge in [-0.15, -0.1) is 0 Å². The van der Waals surface area contributed by atoms with Gasteiger partial charge in [-0.05, 0) is 73.5 Å². The molecule has 0 aliphatic heterocycles. The van der Waals surface area contributed by atoms with Crippen molar-refractivity contribution >= 4 is 40.5 Å². The Morgan fingerprint density at radius 2 is 1.67 bits per heavy atom. The Bertz CT molecular complexity index is 1100. The zero-order valence-corrected chi connectivity index (χ0v) is 20.2. The van der Waals surface area contributed by atoms with Crippen molar-refractivity contribution < 1.29 is 19.0 Å². The zero-order chi connectivity index (χ0) is 23.8. The van der Waals surface area contributed by atoms with E-state index in [1.807, 2.05) is 50.2 Å². The lowest BCUT2D eigenvalue weighted by molar-refractivity contribution is -0.118. The number of methoxy groups -OCH3 is 1. The molecule has 8 heteroatoms. The highest BCUT2D eigenvalue weighted by Gasteiger charge is 2.15. The molecule has 6 nitrogen and oxygen atoms in total. The van der Waals surface area contributed by atoms with Crippen LogP contribution in [0.4, 0.5) is 11.4 Å². The Labute approximate surface area is 203 Å². The Balaban J connectivity index is 1.65. The summed E-state index contributed by atoms with van der Waals surface area (Å²) in [7, 11) is 1.63. The Morgan fingerprint density at radius 3 is 2.33 bits per heavy atom. The van der Waals surface area contributed by atoms with E-state index in [2.05, 4.69) is 10.6 Å². The van der Waals surface area contributed by atoms with Crippen molar-refractivity contribution in [2.75, 3.05) is 31.0 Å². The Kier molecular flexibility index (Phi) is 8.69. The van der Waals surface area contributed by atoms with Crippen LogP contribution in [0.1, 0.15) is 18.1 Å². The number of anilines is 2. The molecule has 0 atom stereocenters. The summed E-state index contributed by atoms with van der Waals surface area (Å²) in [5.41, 5.74) is 3.37. The molecule has 0 heterocycles. The highest BCUT2D eigenvalue weighted by atomic mass is 35.5. The monoisotopic (exact) mass is 488 g/mol. The molecule has 0 saturated heterocycles. The maximum absolute atomic E-state index is 12.4. The van der Waals surface area contributed by atoms with Crippen molar-refractivity contribution in [3.8, 4) is 17.2 Å². The molecule has 0 bridgehead atoms. The number of hydrogen-bond acceptors (Lipinski definition) is 5. The second-order valence-electron chi connectivity index (χ2n) is 7.22. The van der Waals surface area contributed by atoms with Gasteiger partial charge in [-0.25, -0.2) is 0 Å². The van der Waals surface area contributed by atoms with E-state index in [-0.39, 0.29) is 12.5 Å². The predicted molar refractivity (Wildman–Crippen MR) is 133 cm³/mol. The number of amides is 1. The van der Waals surface area contributed by atoms with Gasteiger partial charge in [0.15, 0.2) is 18.1 Å². The van der Waals surface area contributed by atoms with Crippen LogP contribution in [-0.2, 0) is 11.3 Å². The van der Waals surface area contributed by atoms with Crippen LogP contribution in [-0.4, -0.2) is 26.2 Å². The number of aryl methyl sites for hydroxylation is 1. The van der Waals surface area contributed by atoms with E-state index in [1.54, 1.807) is 25.3 Å². The van der Waals surface area contributed by atoms with Gasteiger partial charge in [-0.3, -0.25) is 4.79 Å². The van der Waals surface area contributed by atoms with E-state index in [0.29, 0.717) is 40.4 Å². The third kappa shape index (κ3) is 6.94. The molecule has 174 valence electrons. The molecule has 3 rings (SSSR count). The Hall–Kier alpha value is -3.09. The van der Waals surface area contributed by atoms with Gasteiger partial charge in [0.05, 0.1) is 18.7 Å². The van der Waals surface area contributed by atoms with Crippen LogP contribution in [0.15, 0.2) is 54.6 Å². The van der Waals surface area contributed by atoms with Gasteiger partial charge in [0.1, 0.15) is 5.75 Å². The van der Waals surface area contributed by atoms with Gasteiger partial charge in [0, 0.05) is 22.9 Å². The van der Waals surface area contributed by atoms with Crippen LogP contribution >= 0.6 is 23.2 Å². The highest BCUT2D eigenvalue weighted by molar-refractivity contribution is 6.32. The molecule has 0 unspecified atom stereocenters. The number of carbonyl (C=O) groups excluding carboxylic acids is 1.